The molecule has 1 amide bonds. The van der Waals surface area contributed by atoms with Gasteiger partial charge in [0.25, 0.3) is 0 Å². The van der Waals surface area contributed by atoms with Crippen molar-refractivity contribution in [3.63, 3.8) is 0 Å². The number of carbonyl (C=O) groups excluding carboxylic acids is 1. The Morgan fingerprint density at radius 2 is 1.82 bits per heavy atom. The van der Waals surface area contributed by atoms with E-state index >= 15 is 0 Å². The first-order valence-electron chi connectivity index (χ1n) is 8.56. The molecule has 0 unspecified atom stereocenters. The third-order valence-electron chi connectivity index (χ3n) is 4.85. The van der Waals surface area contributed by atoms with Crippen LogP contribution in [0, 0.1) is 5.92 Å². The molecule has 2 aromatic carbocycles. The SMILES string of the molecule is COc1ccc([C@H]2[C@H](CBr)C(=O)N2c2cc(OC)c(OC)c([Se]C)c2)cc1O. The van der Waals surface area contributed by atoms with Gasteiger partial charge in [0.05, 0.1) is 0 Å². The number of aromatic hydroxyl groups is 1. The number of hydrogen-bond donors (Lipinski definition) is 1. The van der Waals surface area contributed by atoms with Gasteiger partial charge in [0, 0.05) is 0 Å². The predicted octanol–water partition coefficient (Wildman–Crippen LogP) is 2.89. The molecule has 28 heavy (non-hydrogen) atoms. The van der Waals surface area contributed by atoms with Crippen molar-refractivity contribution in [1.82, 2.24) is 0 Å². The predicted molar refractivity (Wildman–Crippen MR) is 113 cm³/mol. The molecule has 0 radical (unpaired) electrons. The maximum atomic E-state index is 12.9. The van der Waals surface area contributed by atoms with Crippen molar-refractivity contribution in [3.05, 3.63) is 35.9 Å². The molecule has 0 aromatic heterocycles. The fourth-order valence-electron chi connectivity index (χ4n) is 3.47. The number of nitrogens with zero attached hydrogens (tertiary/aromatic N) is 1. The van der Waals surface area contributed by atoms with Crippen molar-refractivity contribution in [3.8, 4) is 23.0 Å². The molecule has 6 nitrogen and oxygen atoms in total. The molecule has 0 saturated carbocycles. The quantitative estimate of drug-likeness (QED) is 0.349. The Balaban J connectivity index is 2.07. The van der Waals surface area contributed by atoms with Gasteiger partial charge in [-0.2, -0.15) is 0 Å². The molecule has 1 N–H and O–H groups in total. The molecule has 3 rings (SSSR count). The Bertz CT molecular complexity index is 866. The molecule has 0 spiro atoms. The molecule has 0 bridgehead atoms. The Kier molecular flexibility index (Phi) is 6.43. The summed E-state index contributed by atoms with van der Waals surface area (Å²) in [6.45, 7) is 0. The standard InChI is InChI=1S/C20H22BrNO5Se/c1-25-15-6-5-11(7-14(15)23)18-13(10-21)20(24)22(18)12-8-16(26-2)19(27-3)17(9-12)28-4/h5-9,13,18,23H,10H2,1-4H3/t13-,18-/m0/s1. The fourth-order valence-corrected chi connectivity index (χ4v) is 5.37. The van der Waals surface area contributed by atoms with Crippen molar-refractivity contribution in [2.45, 2.75) is 11.9 Å². The Hall–Kier alpha value is -1.89. The second-order valence-electron chi connectivity index (χ2n) is 6.23. The number of hydrogen-bond acceptors (Lipinski definition) is 5. The van der Waals surface area contributed by atoms with Crippen LogP contribution in [-0.4, -0.2) is 52.6 Å². The van der Waals surface area contributed by atoms with Crippen molar-refractivity contribution < 1.29 is 24.1 Å². The molecule has 1 fully saturated rings. The summed E-state index contributed by atoms with van der Waals surface area (Å²) in [5, 5.41) is 10.7. The number of halogens is 1. The topological polar surface area (TPSA) is 68.2 Å². The molecule has 150 valence electrons. The van der Waals surface area contributed by atoms with Crippen molar-refractivity contribution >= 4 is 46.9 Å². The van der Waals surface area contributed by atoms with Crippen LogP contribution in [-0.2, 0) is 4.79 Å². The number of ether oxygens (including phenoxy) is 3. The van der Waals surface area contributed by atoms with E-state index in [1.807, 2.05) is 18.2 Å². The van der Waals surface area contributed by atoms with Gasteiger partial charge in [-0.05, 0) is 0 Å². The average Bonchev–Trinajstić information content (AvgIpc) is 2.71. The Labute approximate surface area is 179 Å². The summed E-state index contributed by atoms with van der Waals surface area (Å²) in [6.07, 6.45) is 0. The van der Waals surface area contributed by atoms with E-state index < -0.39 is 0 Å². The number of phenolic OH excluding ortho intramolecular Hbond substituents is 1. The summed E-state index contributed by atoms with van der Waals surface area (Å²) in [5.41, 5.74) is 1.61. The van der Waals surface area contributed by atoms with Crippen LogP contribution in [0.5, 0.6) is 23.0 Å². The molecular formula is C20H22BrNO5Se. The first-order chi connectivity index (χ1) is 13.5. The minimum absolute atomic E-state index is 0.0268. The third-order valence-corrected chi connectivity index (χ3v) is 7.11. The van der Waals surface area contributed by atoms with Crippen LogP contribution in [0.1, 0.15) is 11.6 Å². The summed E-state index contributed by atoms with van der Waals surface area (Å²) >= 11 is 3.61. The first-order valence-corrected chi connectivity index (χ1v) is 12.3. The number of carbonyl (C=O) groups is 1. The molecule has 1 aliphatic rings. The molecular weight excluding hydrogens is 493 g/mol. The summed E-state index contributed by atoms with van der Waals surface area (Å²) in [4.78, 5) is 14.6. The second-order valence-corrected chi connectivity index (χ2v) is 8.66. The number of methoxy groups -OCH3 is 3. The van der Waals surface area contributed by atoms with Crippen molar-refractivity contribution in [1.29, 1.82) is 0 Å². The van der Waals surface area contributed by atoms with Gasteiger partial charge in [-0.3, -0.25) is 0 Å². The number of amides is 1. The van der Waals surface area contributed by atoms with Gasteiger partial charge in [-0.1, -0.05) is 0 Å². The summed E-state index contributed by atoms with van der Waals surface area (Å²) in [5.74, 6) is 3.67. The van der Waals surface area contributed by atoms with Gasteiger partial charge in [0.15, 0.2) is 0 Å². The van der Waals surface area contributed by atoms with Crippen LogP contribution in [0.25, 0.3) is 0 Å². The van der Waals surface area contributed by atoms with E-state index in [0.29, 0.717) is 22.6 Å². The van der Waals surface area contributed by atoms with E-state index in [9.17, 15) is 9.90 Å². The number of phenols is 1. The second kappa shape index (κ2) is 8.64. The number of benzene rings is 2. The fraction of sp³-hybridized carbons (Fsp3) is 0.350. The zero-order valence-corrected chi connectivity index (χ0v) is 19.4. The summed E-state index contributed by atoms with van der Waals surface area (Å²) in [6, 6.07) is 8.87. The van der Waals surface area contributed by atoms with Gasteiger partial charge in [-0.25, -0.2) is 0 Å². The van der Waals surface area contributed by atoms with E-state index in [4.69, 9.17) is 14.2 Å². The average molecular weight is 515 g/mol. The minimum atomic E-state index is -0.212. The number of alkyl halides is 1. The molecule has 1 aliphatic heterocycles. The molecule has 2 atom stereocenters. The van der Waals surface area contributed by atoms with Gasteiger partial charge in [0.2, 0.25) is 0 Å². The van der Waals surface area contributed by atoms with Gasteiger partial charge >= 0.3 is 179 Å². The molecule has 8 heteroatoms. The summed E-state index contributed by atoms with van der Waals surface area (Å²) in [7, 11) is 4.71. The number of β-lactam (4-membered cyclic amide) rings is 1. The van der Waals surface area contributed by atoms with Crippen LogP contribution >= 0.6 is 15.9 Å². The number of anilines is 1. The molecule has 1 heterocycles. The van der Waals surface area contributed by atoms with Gasteiger partial charge < -0.3 is 0 Å². The Morgan fingerprint density at radius 3 is 2.36 bits per heavy atom. The van der Waals surface area contributed by atoms with Crippen molar-refractivity contribution in [2.75, 3.05) is 31.6 Å². The Morgan fingerprint density at radius 1 is 1.11 bits per heavy atom. The van der Waals surface area contributed by atoms with Gasteiger partial charge in [0.1, 0.15) is 0 Å². The summed E-state index contributed by atoms with van der Waals surface area (Å²) < 4.78 is 17.2. The zero-order chi connectivity index (χ0) is 20.4. The maximum absolute atomic E-state index is 12.9. The third kappa shape index (κ3) is 3.45. The van der Waals surface area contributed by atoms with E-state index in [2.05, 4.69) is 21.8 Å². The van der Waals surface area contributed by atoms with Crippen LogP contribution in [0.3, 0.4) is 0 Å². The van der Waals surface area contributed by atoms with Crippen LogP contribution in [0.2, 0.25) is 5.82 Å². The molecule has 0 aliphatic carbocycles. The molecule has 1 saturated heterocycles. The van der Waals surface area contributed by atoms with Crippen LogP contribution < -0.4 is 23.6 Å². The normalized spacial score (nSPS) is 18.6. The first kappa shape index (κ1) is 20.8. The van der Waals surface area contributed by atoms with E-state index in [1.165, 1.54) is 7.11 Å². The van der Waals surface area contributed by atoms with E-state index in [-0.39, 0.29) is 38.6 Å². The molecule has 2 aromatic rings. The van der Waals surface area contributed by atoms with Crippen molar-refractivity contribution in [2.24, 2.45) is 5.92 Å². The van der Waals surface area contributed by atoms with Crippen LogP contribution in [0.4, 0.5) is 5.69 Å². The zero-order valence-electron chi connectivity index (χ0n) is 16.1. The van der Waals surface area contributed by atoms with E-state index in [1.54, 1.807) is 31.3 Å². The number of rotatable bonds is 7. The van der Waals surface area contributed by atoms with Crippen LogP contribution in [0.15, 0.2) is 30.3 Å². The van der Waals surface area contributed by atoms with E-state index in [0.717, 1.165) is 15.7 Å². The van der Waals surface area contributed by atoms with Gasteiger partial charge in [-0.15, -0.1) is 0 Å². The monoisotopic (exact) mass is 515 g/mol.